The molecule has 0 amide bonds. The number of hydrogen-bond acceptors (Lipinski definition) is 4. The first-order chi connectivity index (χ1) is 7.94. The van der Waals surface area contributed by atoms with Crippen molar-refractivity contribution < 1.29 is 8.42 Å². The number of nitrogens with two attached hydrogens (primary N) is 1. The van der Waals surface area contributed by atoms with E-state index < -0.39 is 9.84 Å². The standard InChI is InChI=1S/C12H19NO2S2/c1-10-5-3-4-6-11(10)12(9-13)16-7-8-17(2,14)15/h3-6,12H,7-9,13H2,1-2H3. The van der Waals surface area contributed by atoms with Gasteiger partial charge in [0.05, 0.1) is 5.75 Å². The Hall–Kier alpha value is -0.520. The number of sulfone groups is 1. The van der Waals surface area contributed by atoms with Gasteiger partial charge in [-0.05, 0) is 18.1 Å². The summed E-state index contributed by atoms with van der Waals surface area (Å²) in [6.07, 6.45) is 1.26. The first-order valence-corrected chi connectivity index (χ1v) is 8.60. The molecule has 0 heterocycles. The molecule has 0 fully saturated rings. The smallest absolute Gasteiger partial charge is 0.148 e. The zero-order chi connectivity index (χ0) is 12.9. The summed E-state index contributed by atoms with van der Waals surface area (Å²) in [5.74, 6) is 0.801. The molecule has 1 unspecified atom stereocenters. The second-order valence-corrected chi connectivity index (χ2v) is 7.65. The van der Waals surface area contributed by atoms with Gasteiger partial charge in [-0.1, -0.05) is 24.3 Å². The fraction of sp³-hybridized carbons (Fsp3) is 0.500. The predicted molar refractivity (Wildman–Crippen MR) is 75.1 cm³/mol. The van der Waals surface area contributed by atoms with Gasteiger partial charge >= 0.3 is 0 Å². The average Bonchev–Trinajstić information content (AvgIpc) is 2.24. The van der Waals surface area contributed by atoms with E-state index in [1.54, 1.807) is 11.8 Å². The van der Waals surface area contributed by atoms with Crippen molar-refractivity contribution in [3.63, 3.8) is 0 Å². The molecular weight excluding hydrogens is 254 g/mol. The van der Waals surface area contributed by atoms with Crippen molar-refractivity contribution in [3.8, 4) is 0 Å². The van der Waals surface area contributed by atoms with E-state index in [1.807, 2.05) is 12.1 Å². The maximum absolute atomic E-state index is 11.1. The van der Waals surface area contributed by atoms with Crippen LogP contribution in [0.4, 0.5) is 0 Å². The molecule has 1 rings (SSSR count). The molecule has 0 aliphatic carbocycles. The normalized spacial score (nSPS) is 13.6. The van der Waals surface area contributed by atoms with Crippen LogP contribution in [0.2, 0.25) is 0 Å². The van der Waals surface area contributed by atoms with Crippen molar-refractivity contribution in [2.75, 3.05) is 24.3 Å². The molecule has 0 bridgehead atoms. The summed E-state index contributed by atoms with van der Waals surface area (Å²) >= 11 is 1.61. The molecule has 0 saturated carbocycles. The van der Waals surface area contributed by atoms with Crippen LogP contribution in [0.15, 0.2) is 24.3 Å². The van der Waals surface area contributed by atoms with E-state index in [0.29, 0.717) is 12.3 Å². The Morgan fingerprint density at radius 3 is 2.53 bits per heavy atom. The largest absolute Gasteiger partial charge is 0.329 e. The zero-order valence-corrected chi connectivity index (χ0v) is 11.9. The number of hydrogen-bond donors (Lipinski definition) is 1. The summed E-state index contributed by atoms with van der Waals surface area (Å²) in [7, 11) is -2.88. The average molecular weight is 273 g/mol. The van der Waals surface area contributed by atoms with Crippen LogP contribution in [0.1, 0.15) is 16.4 Å². The lowest BCUT2D eigenvalue weighted by molar-refractivity contribution is 0.603. The number of thioether (sulfide) groups is 1. The van der Waals surface area contributed by atoms with Crippen molar-refractivity contribution in [2.45, 2.75) is 12.2 Å². The van der Waals surface area contributed by atoms with Gasteiger partial charge in [-0.15, -0.1) is 0 Å². The van der Waals surface area contributed by atoms with Gasteiger partial charge in [0.25, 0.3) is 0 Å². The SMILES string of the molecule is Cc1ccccc1C(CN)SCCS(C)(=O)=O. The highest BCUT2D eigenvalue weighted by molar-refractivity contribution is 8.00. The highest BCUT2D eigenvalue weighted by Gasteiger charge is 2.13. The fourth-order valence-electron chi connectivity index (χ4n) is 1.57. The molecule has 0 aliphatic heterocycles. The topological polar surface area (TPSA) is 60.2 Å². The van der Waals surface area contributed by atoms with Gasteiger partial charge in [0.15, 0.2) is 0 Å². The lowest BCUT2D eigenvalue weighted by Crippen LogP contribution is -2.13. The van der Waals surface area contributed by atoms with Crippen LogP contribution in [-0.2, 0) is 9.84 Å². The first-order valence-electron chi connectivity index (χ1n) is 5.49. The maximum Gasteiger partial charge on any atom is 0.148 e. The van der Waals surface area contributed by atoms with Crippen LogP contribution in [0, 0.1) is 6.92 Å². The van der Waals surface area contributed by atoms with Crippen molar-refractivity contribution in [1.82, 2.24) is 0 Å². The van der Waals surface area contributed by atoms with Gasteiger partial charge in [-0.3, -0.25) is 0 Å². The molecule has 0 aliphatic rings. The minimum Gasteiger partial charge on any atom is -0.329 e. The molecule has 3 nitrogen and oxygen atoms in total. The van der Waals surface area contributed by atoms with Crippen LogP contribution in [0.3, 0.4) is 0 Å². The van der Waals surface area contributed by atoms with Gasteiger partial charge in [0.1, 0.15) is 9.84 Å². The van der Waals surface area contributed by atoms with Crippen molar-refractivity contribution >= 4 is 21.6 Å². The maximum atomic E-state index is 11.1. The minimum atomic E-state index is -2.88. The molecule has 5 heteroatoms. The molecule has 0 spiro atoms. The Kier molecular flexibility index (Phi) is 5.49. The number of rotatable bonds is 6. The monoisotopic (exact) mass is 273 g/mol. The van der Waals surface area contributed by atoms with Gasteiger partial charge in [0, 0.05) is 23.8 Å². The predicted octanol–water partition coefficient (Wildman–Crippen LogP) is 1.77. The Morgan fingerprint density at radius 1 is 1.35 bits per heavy atom. The molecule has 1 aromatic carbocycles. The molecule has 0 radical (unpaired) electrons. The van der Waals surface area contributed by atoms with Crippen molar-refractivity contribution in [2.24, 2.45) is 5.73 Å². The summed E-state index contributed by atoms with van der Waals surface area (Å²) in [5.41, 5.74) is 8.16. The Morgan fingerprint density at radius 2 is 2.00 bits per heavy atom. The van der Waals surface area contributed by atoms with Crippen LogP contribution in [0.25, 0.3) is 0 Å². The van der Waals surface area contributed by atoms with Crippen LogP contribution in [-0.4, -0.2) is 32.7 Å². The molecule has 1 aromatic rings. The third-order valence-electron chi connectivity index (χ3n) is 2.52. The summed E-state index contributed by atoms with van der Waals surface area (Å²) in [5, 5.41) is 0.179. The lowest BCUT2D eigenvalue weighted by Gasteiger charge is -2.16. The number of benzene rings is 1. The number of aryl methyl sites for hydroxylation is 1. The molecule has 96 valence electrons. The Bertz CT molecular complexity index is 457. The van der Waals surface area contributed by atoms with E-state index in [-0.39, 0.29) is 11.0 Å². The van der Waals surface area contributed by atoms with E-state index in [2.05, 4.69) is 19.1 Å². The van der Waals surface area contributed by atoms with Gasteiger partial charge in [0.2, 0.25) is 0 Å². The summed E-state index contributed by atoms with van der Waals surface area (Å²) in [4.78, 5) is 0. The third kappa shape index (κ3) is 5.10. The molecular formula is C12H19NO2S2. The van der Waals surface area contributed by atoms with E-state index in [0.717, 1.165) is 0 Å². The van der Waals surface area contributed by atoms with Crippen LogP contribution >= 0.6 is 11.8 Å². The second kappa shape index (κ2) is 6.42. The molecule has 0 aromatic heterocycles. The van der Waals surface area contributed by atoms with E-state index in [4.69, 9.17) is 5.73 Å². The Labute approximate surface area is 108 Å². The first kappa shape index (κ1) is 14.5. The molecule has 0 saturated heterocycles. The molecule has 2 N–H and O–H groups in total. The van der Waals surface area contributed by atoms with Crippen LogP contribution < -0.4 is 5.73 Å². The summed E-state index contributed by atoms with van der Waals surface area (Å²) < 4.78 is 22.1. The van der Waals surface area contributed by atoms with E-state index in [9.17, 15) is 8.42 Å². The fourth-order valence-corrected chi connectivity index (χ4v) is 4.04. The quantitative estimate of drug-likeness (QED) is 0.858. The highest BCUT2D eigenvalue weighted by Crippen LogP contribution is 2.29. The van der Waals surface area contributed by atoms with E-state index in [1.165, 1.54) is 17.4 Å². The lowest BCUT2D eigenvalue weighted by atomic mass is 10.1. The second-order valence-electron chi connectivity index (χ2n) is 4.08. The zero-order valence-electron chi connectivity index (χ0n) is 10.2. The van der Waals surface area contributed by atoms with Crippen LogP contribution in [0.5, 0.6) is 0 Å². The van der Waals surface area contributed by atoms with E-state index >= 15 is 0 Å². The minimum absolute atomic E-state index is 0.179. The van der Waals surface area contributed by atoms with Crippen molar-refractivity contribution in [1.29, 1.82) is 0 Å². The molecule has 17 heavy (non-hydrogen) atoms. The Balaban J connectivity index is 2.64. The molecule has 1 atom stereocenters. The highest BCUT2D eigenvalue weighted by atomic mass is 32.2. The summed E-state index contributed by atoms with van der Waals surface area (Å²) in [6, 6.07) is 8.09. The van der Waals surface area contributed by atoms with Gasteiger partial charge in [-0.25, -0.2) is 8.42 Å². The van der Waals surface area contributed by atoms with Gasteiger partial charge < -0.3 is 5.73 Å². The van der Waals surface area contributed by atoms with Gasteiger partial charge in [-0.2, -0.15) is 11.8 Å². The van der Waals surface area contributed by atoms with Crippen molar-refractivity contribution in [3.05, 3.63) is 35.4 Å². The summed E-state index contributed by atoms with van der Waals surface area (Å²) in [6.45, 7) is 2.58. The third-order valence-corrected chi connectivity index (χ3v) is 5.02.